The molecule has 0 bridgehead atoms. The van der Waals surface area contributed by atoms with Crippen LogP contribution in [0.25, 0.3) is 0 Å². The molecule has 2 aliphatic rings. The van der Waals surface area contributed by atoms with Gasteiger partial charge < -0.3 is 4.90 Å². The SMILES string of the molecule is Clc1ccc(N2C3CCCCC32)cc1. The van der Waals surface area contributed by atoms with E-state index in [2.05, 4.69) is 17.0 Å². The maximum absolute atomic E-state index is 5.87. The zero-order chi connectivity index (χ0) is 9.54. The molecule has 1 aromatic rings. The van der Waals surface area contributed by atoms with Gasteiger partial charge in [-0.1, -0.05) is 24.4 Å². The summed E-state index contributed by atoms with van der Waals surface area (Å²) in [5.74, 6) is 0. The van der Waals surface area contributed by atoms with Crippen LogP contribution in [0.5, 0.6) is 0 Å². The Balaban J connectivity index is 1.81. The van der Waals surface area contributed by atoms with Gasteiger partial charge in [0.15, 0.2) is 0 Å². The van der Waals surface area contributed by atoms with Gasteiger partial charge in [-0.15, -0.1) is 0 Å². The summed E-state index contributed by atoms with van der Waals surface area (Å²) in [6.45, 7) is 0. The molecule has 0 N–H and O–H groups in total. The van der Waals surface area contributed by atoms with E-state index in [0.717, 1.165) is 17.1 Å². The molecule has 1 saturated carbocycles. The zero-order valence-corrected chi connectivity index (χ0v) is 8.87. The molecule has 1 aliphatic heterocycles. The number of fused-ring (bicyclic) bond motifs is 1. The standard InChI is InChI=1S/C12H14ClN/c13-9-5-7-10(8-6-9)14-11-3-1-2-4-12(11)14/h5-8,11-12H,1-4H2. The lowest BCUT2D eigenvalue weighted by Crippen LogP contribution is -2.00. The average molecular weight is 208 g/mol. The Hall–Kier alpha value is -0.690. The molecule has 74 valence electrons. The van der Waals surface area contributed by atoms with Gasteiger partial charge in [-0.25, -0.2) is 0 Å². The summed E-state index contributed by atoms with van der Waals surface area (Å²) < 4.78 is 0. The van der Waals surface area contributed by atoms with Gasteiger partial charge in [0.1, 0.15) is 0 Å². The lowest BCUT2D eigenvalue weighted by atomic mass is 10.0. The molecule has 1 aromatic carbocycles. The number of hydrogen-bond donors (Lipinski definition) is 0. The second-order valence-corrected chi connectivity index (χ2v) is 4.74. The molecule has 1 heterocycles. The van der Waals surface area contributed by atoms with E-state index in [0.29, 0.717) is 0 Å². The lowest BCUT2D eigenvalue weighted by Gasteiger charge is -2.04. The van der Waals surface area contributed by atoms with Gasteiger partial charge in [-0.3, -0.25) is 0 Å². The third kappa shape index (κ3) is 1.31. The number of benzene rings is 1. The van der Waals surface area contributed by atoms with E-state index in [-0.39, 0.29) is 0 Å². The number of rotatable bonds is 1. The molecule has 1 aliphatic carbocycles. The van der Waals surface area contributed by atoms with Gasteiger partial charge in [-0.05, 0) is 37.1 Å². The highest BCUT2D eigenvalue weighted by Crippen LogP contribution is 2.44. The van der Waals surface area contributed by atoms with Crippen LogP contribution in [0, 0.1) is 0 Å². The molecule has 1 nitrogen and oxygen atoms in total. The molecule has 2 unspecified atom stereocenters. The van der Waals surface area contributed by atoms with E-state index < -0.39 is 0 Å². The number of nitrogens with zero attached hydrogens (tertiary/aromatic N) is 1. The van der Waals surface area contributed by atoms with Crippen molar-refractivity contribution in [2.24, 2.45) is 0 Å². The van der Waals surface area contributed by atoms with E-state index in [1.807, 2.05) is 12.1 Å². The van der Waals surface area contributed by atoms with E-state index in [1.54, 1.807) is 0 Å². The minimum absolute atomic E-state index is 0.832. The molecule has 3 rings (SSSR count). The van der Waals surface area contributed by atoms with Crippen molar-refractivity contribution in [3.63, 3.8) is 0 Å². The van der Waals surface area contributed by atoms with Crippen LogP contribution in [-0.2, 0) is 0 Å². The second kappa shape index (κ2) is 3.16. The first-order valence-corrected chi connectivity index (χ1v) is 5.78. The van der Waals surface area contributed by atoms with Gasteiger partial charge >= 0.3 is 0 Å². The Kier molecular flexibility index (Phi) is 1.94. The van der Waals surface area contributed by atoms with Crippen molar-refractivity contribution in [1.29, 1.82) is 0 Å². The van der Waals surface area contributed by atoms with Crippen LogP contribution in [0.3, 0.4) is 0 Å². The van der Waals surface area contributed by atoms with Crippen molar-refractivity contribution in [3.05, 3.63) is 29.3 Å². The normalized spacial score (nSPS) is 29.9. The fourth-order valence-corrected chi connectivity index (χ4v) is 2.83. The Morgan fingerprint density at radius 3 is 2.14 bits per heavy atom. The van der Waals surface area contributed by atoms with E-state index in [9.17, 15) is 0 Å². The highest BCUT2D eigenvalue weighted by Gasteiger charge is 2.47. The van der Waals surface area contributed by atoms with Gasteiger partial charge in [-0.2, -0.15) is 0 Å². The van der Waals surface area contributed by atoms with Crippen LogP contribution in [-0.4, -0.2) is 12.1 Å². The van der Waals surface area contributed by atoms with E-state index >= 15 is 0 Å². The van der Waals surface area contributed by atoms with Crippen molar-refractivity contribution in [2.75, 3.05) is 4.90 Å². The van der Waals surface area contributed by atoms with Gasteiger partial charge in [0, 0.05) is 22.8 Å². The minimum Gasteiger partial charge on any atom is -0.361 e. The molecule has 0 radical (unpaired) electrons. The Bertz CT molecular complexity index is 321. The summed E-state index contributed by atoms with van der Waals surface area (Å²) >= 11 is 5.87. The highest BCUT2D eigenvalue weighted by molar-refractivity contribution is 6.30. The summed E-state index contributed by atoms with van der Waals surface area (Å²) in [6.07, 6.45) is 5.58. The topological polar surface area (TPSA) is 3.01 Å². The first kappa shape index (κ1) is 8.60. The monoisotopic (exact) mass is 207 g/mol. The van der Waals surface area contributed by atoms with Crippen LogP contribution in [0.2, 0.25) is 5.02 Å². The van der Waals surface area contributed by atoms with Crippen molar-refractivity contribution in [3.8, 4) is 0 Å². The zero-order valence-electron chi connectivity index (χ0n) is 8.12. The third-order valence-corrected chi connectivity index (χ3v) is 3.70. The van der Waals surface area contributed by atoms with Crippen LogP contribution in [0.1, 0.15) is 25.7 Å². The fraction of sp³-hybridized carbons (Fsp3) is 0.500. The predicted octanol–water partition coefficient (Wildman–Crippen LogP) is 3.47. The second-order valence-electron chi connectivity index (χ2n) is 4.30. The van der Waals surface area contributed by atoms with Gasteiger partial charge in [0.25, 0.3) is 0 Å². The van der Waals surface area contributed by atoms with Crippen LogP contribution < -0.4 is 4.90 Å². The minimum atomic E-state index is 0.832. The van der Waals surface area contributed by atoms with Crippen molar-refractivity contribution >= 4 is 17.3 Å². The van der Waals surface area contributed by atoms with Crippen LogP contribution in [0.15, 0.2) is 24.3 Å². The average Bonchev–Trinajstić information content (AvgIpc) is 2.93. The molecular formula is C12H14ClN. The van der Waals surface area contributed by atoms with E-state index in [1.165, 1.54) is 31.4 Å². The fourth-order valence-electron chi connectivity index (χ4n) is 2.70. The Morgan fingerprint density at radius 2 is 1.57 bits per heavy atom. The molecule has 2 fully saturated rings. The third-order valence-electron chi connectivity index (χ3n) is 3.44. The summed E-state index contributed by atoms with van der Waals surface area (Å²) in [4.78, 5) is 2.54. The Morgan fingerprint density at radius 1 is 1.00 bits per heavy atom. The molecule has 0 amide bonds. The molecular weight excluding hydrogens is 194 g/mol. The molecule has 14 heavy (non-hydrogen) atoms. The molecule has 0 spiro atoms. The summed E-state index contributed by atoms with van der Waals surface area (Å²) in [7, 11) is 0. The first-order chi connectivity index (χ1) is 6.86. The summed E-state index contributed by atoms with van der Waals surface area (Å²) in [5.41, 5.74) is 1.35. The molecule has 2 atom stereocenters. The molecule has 0 aromatic heterocycles. The van der Waals surface area contributed by atoms with Crippen molar-refractivity contribution in [1.82, 2.24) is 0 Å². The maximum atomic E-state index is 5.87. The quantitative estimate of drug-likeness (QED) is 0.638. The van der Waals surface area contributed by atoms with Crippen LogP contribution in [0.4, 0.5) is 5.69 Å². The summed E-state index contributed by atoms with van der Waals surface area (Å²) in [5, 5.41) is 0.832. The van der Waals surface area contributed by atoms with Gasteiger partial charge in [0.2, 0.25) is 0 Å². The van der Waals surface area contributed by atoms with Crippen molar-refractivity contribution < 1.29 is 0 Å². The molecule has 2 heteroatoms. The van der Waals surface area contributed by atoms with Gasteiger partial charge in [0.05, 0.1) is 0 Å². The maximum Gasteiger partial charge on any atom is 0.0497 e. The van der Waals surface area contributed by atoms with Crippen molar-refractivity contribution in [2.45, 2.75) is 37.8 Å². The number of halogens is 1. The van der Waals surface area contributed by atoms with Crippen LogP contribution >= 0.6 is 11.6 Å². The smallest absolute Gasteiger partial charge is 0.0497 e. The number of hydrogen-bond acceptors (Lipinski definition) is 1. The van der Waals surface area contributed by atoms with E-state index in [4.69, 9.17) is 11.6 Å². The number of anilines is 1. The highest BCUT2D eigenvalue weighted by atomic mass is 35.5. The largest absolute Gasteiger partial charge is 0.361 e. The molecule has 1 saturated heterocycles. The lowest BCUT2D eigenvalue weighted by molar-refractivity contribution is 0.571. The first-order valence-electron chi connectivity index (χ1n) is 5.40. The Labute approximate surface area is 89.7 Å². The summed E-state index contributed by atoms with van der Waals surface area (Å²) in [6, 6.07) is 9.93. The predicted molar refractivity (Wildman–Crippen MR) is 60.0 cm³/mol.